The number of aromatic nitrogens is 1. The van der Waals surface area contributed by atoms with E-state index in [4.69, 9.17) is 5.26 Å². The van der Waals surface area contributed by atoms with Crippen molar-refractivity contribution < 1.29 is 4.39 Å². The quantitative estimate of drug-likeness (QED) is 0.799. The van der Waals surface area contributed by atoms with Crippen LogP contribution in [0.3, 0.4) is 0 Å². The third-order valence-corrected chi connectivity index (χ3v) is 3.29. The average Bonchev–Trinajstić information content (AvgIpc) is 2.74. The number of hydrogen-bond acceptors (Lipinski definition) is 1. The van der Waals surface area contributed by atoms with E-state index in [-0.39, 0.29) is 5.82 Å². The number of hydrogen-bond donors (Lipinski definition) is 1. The van der Waals surface area contributed by atoms with Gasteiger partial charge in [-0.1, -0.05) is 26.0 Å². The molecule has 1 aromatic carbocycles. The topological polar surface area (TPSA) is 39.6 Å². The molecular formula is C17H17FN2. The fourth-order valence-electron chi connectivity index (χ4n) is 2.41. The number of allylic oxidation sites excluding steroid dienone is 1. The molecule has 0 aliphatic rings. The zero-order chi connectivity index (χ0) is 14.7. The van der Waals surface area contributed by atoms with Crippen molar-refractivity contribution in [1.82, 2.24) is 4.98 Å². The molecule has 0 bridgehead atoms. The minimum Gasteiger partial charge on any atom is -0.361 e. The van der Waals surface area contributed by atoms with Gasteiger partial charge >= 0.3 is 0 Å². The summed E-state index contributed by atoms with van der Waals surface area (Å²) < 4.78 is 13.1. The van der Waals surface area contributed by atoms with E-state index in [1.807, 2.05) is 19.1 Å². The van der Waals surface area contributed by atoms with Gasteiger partial charge in [-0.15, -0.1) is 0 Å². The average molecular weight is 268 g/mol. The summed E-state index contributed by atoms with van der Waals surface area (Å²) >= 11 is 0. The van der Waals surface area contributed by atoms with Crippen molar-refractivity contribution in [3.05, 3.63) is 53.1 Å². The lowest BCUT2D eigenvalue weighted by Crippen LogP contribution is -1.90. The van der Waals surface area contributed by atoms with Crippen LogP contribution in [0.25, 0.3) is 17.2 Å². The van der Waals surface area contributed by atoms with E-state index in [2.05, 4.69) is 18.8 Å². The summed E-state index contributed by atoms with van der Waals surface area (Å²) in [5, 5.41) is 8.77. The summed E-state index contributed by atoms with van der Waals surface area (Å²) in [6.45, 7) is 6.20. The Morgan fingerprint density at radius 2 is 1.90 bits per heavy atom. The van der Waals surface area contributed by atoms with Crippen molar-refractivity contribution in [1.29, 1.82) is 5.26 Å². The number of aromatic amines is 1. The molecule has 2 aromatic rings. The van der Waals surface area contributed by atoms with Crippen LogP contribution in [0.5, 0.6) is 0 Å². The van der Waals surface area contributed by atoms with Gasteiger partial charge in [0.1, 0.15) is 5.82 Å². The Morgan fingerprint density at radius 3 is 2.45 bits per heavy atom. The Balaban J connectivity index is 2.65. The molecule has 1 N–H and O–H groups in total. The van der Waals surface area contributed by atoms with Crippen LogP contribution in [0.4, 0.5) is 4.39 Å². The molecule has 0 unspecified atom stereocenters. The van der Waals surface area contributed by atoms with Gasteiger partial charge in [-0.25, -0.2) is 4.39 Å². The Kier molecular flexibility index (Phi) is 4.05. The predicted octanol–water partition coefficient (Wildman–Crippen LogP) is 4.79. The molecule has 0 spiro atoms. The Hall–Kier alpha value is -2.34. The highest BCUT2D eigenvalue weighted by molar-refractivity contribution is 5.80. The van der Waals surface area contributed by atoms with Crippen molar-refractivity contribution >= 4 is 6.08 Å². The molecule has 0 saturated carbocycles. The van der Waals surface area contributed by atoms with E-state index >= 15 is 0 Å². The monoisotopic (exact) mass is 268 g/mol. The van der Waals surface area contributed by atoms with Crippen LogP contribution >= 0.6 is 0 Å². The summed E-state index contributed by atoms with van der Waals surface area (Å²) in [7, 11) is 0. The summed E-state index contributed by atoms with van der Waals surface area (Å²) in [4.78, 5) is 3.38. The Morgan fingerprint density at radius 1 is 1.25 bits per heavy atom. The molecule has 0 aliphatic heterocycles. The number of benzene rings is 1. The number of halogens is 1. The molecule has 0 atom stereocenters. The van der Waals surface area contributed by atoms with Crippen LogP contribution in [-0.4, -0.2) is 4.98 Å². The van der Waals surface area contributed by atoms with E-state index in [9.17, 15) is 4.39 Å². The normalized spacial score (nSPS) is 11.2. The van der Waals surface area contributed by atoms with Crippen molar-refractivity contribution in [2.75, 3.05) is 0 Å². The second-order valence-electron chi connectivity index (χ2n) is 5.08. The van der Waals surface area contributed by atoms with Gasteiger partial charge in [-0.2, -0.15) is 5.26 Å². The molecule has 2 nitrogen and oxygen atoms in total. The lowest BCUT2D eigenvalue weighted by atomic mass is 9.97. The predicted molar refractivity (Wildman–Crippen MR) is 79.7 cm³/mol. The number of nitrogens with zero attached hydrogens (tertiary/aromatic N) is 1. The van der Waals surface area contributed by atoms with Gasteiger partial charge in [0.25, 0.3) is 0 Å². The number of H-pyrrole nitrogens is 1. The van der Waals surface area contributed by atoms with Gasteiger partial charge < -0.3 is 4.98 Å². The standard InChI is InChI=1S/C17H17FN2/c1-11(2)17-15(5-4-10-19)16(12(3)20-17)13-6-8-14(18)9-7-13/h4-9,11,20H,1-3H3/b5-4+. The van der Waals surface area contributed by atoms with Crippen LogP contribution < -0.4 is 0 Å². The van der Waals surface area contributed by atoms with E-state index in [1.54, 1.807) is 12.1 Å². The van der Waals surface area contributed by atoms with Crippen molar-refractivity contribution in [3.8, 4) is 17.2 Å². The number of nitriles is 1. The SMILES string of the molecule is Cc1[nH]c(C(C)C)c(/C=C/C#N)c1-c1ccc(F)cc1. The molecule has 0 radical (unpaired) electrons. The fourth-order valence-corrected chi connectivity index (χ4v) is 2.41. The molecule has 1 aromatic heterocycles. The molecule has 20 heavy (non-hydrogen) atoms. The maximum Gasteiger partial charge on any atom is 0.123 e. The number of nitrogens with one attached hydrogen (secondary N) is 1. The van der Waals surface area contributed by atoms with Crippen LogP contribution in [0.2, 0.25) is 0 Å². The van der Waals surface area contributed by atoms with Crippen molar-refractivity contribution in [2.24, 2.45) is 0 Å². The van der Waals surface area contributed by atoms with Crippen LogP contribution in [0.15, 0.2) is 30.3 Å². The highest BCUT2D eigenvalue weighted by Crippen LogP contribution is 2.34. The van der Waals surface area contributed by atoms with E-state index in [0.29, 0.717) is 5.92 Å². The summed E-state index contributed by atoms with van der Waals surface area (Å²) in [6, 6.07) is 8.46. The first kappa shape index (κ1) is 14.1. The highest BCUT2D eigenvalue weighted by Gasteiger charge is 2.16. The third kappa shape index (κ3) is 2.65. The lowest BCUT2D eigenvalue weighted by Gasteiger charge is -2.06. The molecule has 2 rings (SSSR count). The van der Waals surface area contributed by atoms with Gasteiger partial charge in [0.2, 0.25) is 0 Å². The van der Waals surface area contributed by atoms with Gasteiger partial charge in [-0.3, -0.25) is 0 Å². The van der Waals surface area contributed by atoms with Crippen molar-refractivity contribution in [2.45, 2.75) is 26.7 Å². The van der Waals surface area contributed by atoms with Gasteiger partial charge in [0, 0.05) is 28.6 Å². The molecule has 1 heterocycles. The van der Waals surface area contributed by atoms with E-state index in [0.717, 1.165) is 28.1 Å². The summed E-state index contributed by atoms with van der Waals surface area (Å²) in [5.74, 6) is 0.0707. The zero-order valence-corrected chi connectivity index (χ0v) is 11.9. The minimum atomic E-state index is -0.250. The molecule has 0 saturated heterocycles. The largest absolute Gasteiger partial charge is 0.361 e. The smallest absolute Gasteiger partial charge is 0.123 e. The van der Waals surface area contributed by atoms with Crippen LogP contribution in [0, 0.1) is 24.1 Å². The highest BCUT2D eigenvalue weighted by atomic mass is 19.1. The van der Waals surface area contributed by atoms with E-state index < -0.39 is 0 Å². The van der Waals surface area contributed by atoms with Gasteiger partial charge in [0.15, 0.2) is 0 Å². The second-order valence-corrected chi connectivity index (χ2v) is 5.08. The van der Waals surface area contributed by atoms with Gasteiger partial charge in [0.05, 0.1) is 6.07 Å². The third-order valence-electron chi connectivity index (χ3n) is 3.29. The lowest BCUT2D eigenvalue weighted by molar-refractivity contribution is 0.628. The summed E-state index contributed by atoms with van der Waals surface area (Å²) in [5.41, 5.74) is 5.10. The minimum absolute atomic E-state index is 0.250. The second kappa shape index (κ2) is 5.75. The maximum absolute atomic E-state index is 13.1. The summed E-state index contributed by atoms with van der Waals surface area (Å²) in [6.07, 6.45) is 3.29. The first-order valence-electron chi connectivity index (χ1n) is 6.59. The van der Waals surface area contributed by atoms with Crippen LogP contribution in [0.1, 0.15) is 36.7 Å². The number of aryl methyl sites for hydroxylation is 1. The van der Waals surface area contributed by atoms with Crippen molar-refractivity contribution in [3.63, 3.8) is 0 Å². The molecular weight excluding hydrogens is 251 g/mol. The van der Waals surface area contributed by atoms with Gasteiger partial charge in [-0.05, 0) is 36.6 Å². The maximum atomic E-state index is 13.1. The molecule has 0 fully saturated rings. The molecule has 3 heteroatoms. The first-order chi connectivity index (χ1) is 9.54. The molecule has 102 valence electrons. The van der Waals surface area contributed by atoms with Crippen LogP contribution in [-0.2, 0) is 0 Å². The molecule has 0 amide bonds. The number of rotatable bonds is 3. The first-order valence-corrected chi connectivity index (χ1v) is 6.59. The fraction of sp³-hybridized carbons (Fsp3) is 0.235. The Bertz CT molecular complexity index is 670. The Labute approximate surface area is 118 Å². The van der Waals surface area contributed by atoms with E-state index in [1.165, 1.54) is 18.2 Å². The zero-order valence-electron chi connectivity index (χ0n) is 11.9. The molecule has 0 aliphatic carbocycles.